The first-order valence-corrected chi connectivity index (χ1v) is 9.37. The van der Waals surface area contributed by atoms with Crippen LogP contribution in [0, 0.1) is 12.8 Å². The van der Waals surface area contributed by atoms with E-state index in [0.29, 0.717) is 17.4 Å². The molecule has 1 saturated heterocycles. The molecule has 1 atom stereocenters. The molecule has 1 fully saturated rings. The van der Waals surface area contributed by atoms with Gasteiger partial charge >= 0.3 is 0 Å². The molecule has 0 saturated carbocycles. The Balaban J connectivity index is 1.99. The number of nitrogens with one attached hydrogen (secondary N) is 2. The first-order chi connectivity index (χ1) is 10.4. The molecule has 1 aromatic rings. The molecule has 0 aliphatic carbocycles. The SMILES string of the molecule is Cc1ccc(S(=O)(=O)NCCC2CCCNC2)cc1N(C)C. The van der Waals surface area contributed by atoms with E-state index >= 15 is 0 Å². The number of sulfonamides is 1. The van der Waals surface area contributed by atoms with Gasteiger partial charge in [-0.3, -0.25) is 0 Å². The normalized spacial score (nSPS) is 19.1. The summed E-state index contributed by atoms with van der Waals surface area (Å²) >= 11 is 0. The van der Waals surface area contributed by atoms with Crippen molar-refractivity contribution in [3.63, 3.8) is 0 Å². The molecule has 0 bridgehead atoms. The van der Waals surface area contributed by atoms with E-state index in [4.69, 9.17) is 0 Å². The van der Waals surface area contributed by atoms with Gasteiger partial charge in [0.05, 0.1) is 4.90 Å². The van der Waals surface area contributed by atoms with E-state index in [-0.39, 0.29) is 0 Å². The van der Waals surface area contributed by atoms with E-state index in [1.807, 2.05) is 32.0 Å². The monoisotopic (exact) mass is 325 g/mol. The van der Waals surface area contributed by atoms with E-state index < -0.39 is 10.0 Å². The quantitative estimate of drug-likeness (QED) is 0.836. The Kier molecular flexibility index (Phi) is 5.83. The van der Waals surface area contributed by atoms with Crippen molar-refractivity contribution in [3.8, 4) is 0 Å². The number of anilines is 1. The molecule has 1 aromatic carbocycles. The van der Waals surface area contributed by atoms with Crippen LogP contribution in [-0.4, -0.2) is 42.1 Å². The Bertz CT molecular complexity index is 593. The first kappa shape index (κ1) is 17.2. The third kappa shape index (κ3) is 4.44. The average molecular weight is 325 g/mol. The summed E-state index contributed by atoms with van der Waals surface area (Å²) in [6.07, 6.45) is 3.25. The summed E-state index contributed by atoms with van der Waals surface area (Å²) < 4.78 is 27.6. The topological polar surface area (TPSA) is 61.4 Å². The minimum Gasteiger partial charge on any atom is -0.377 e. The third-order valence-corrected chi connectivity index (χ3v) is 5.68. The molecule has 0 aromatic heterocycles. The molecular formula is C16H27N3O2S. The van der Waals surface area contributed by atoms with Gasteiger partial charge in [-0.1, -0.05) is 6.07 Å². The highest BCUT2D eigenvalue weighted by Gasteiger charge is 2.18. The maximum Gasteiger partial charge on any atom is 0.240 e. The number of nitrogens with zero attached hydrogens (tertiary/aromatic N) is 1. The number of piperidine rings is 1. The van der Waals surface area contributed by atoms with Crippen LogP contribution < -0.4 is 14.9 Å². The average Bonchev–Trinajstić information content (AvgIpc) is 2.48. The van der Waals surface area contributed by atoms with Crippen LogP contribution in [0.3, 0.4) is 0 Å². The van der Waals surface area contributed by atoms with Crippen molar-refractivity contribution in [1.29, 1.82) is 0 Å². The van der Waals surface area contributed by atoms with E-state index in [1.165, 1.54) is 12.8 Å². The summed E-state index contributed by atoms with van der Waals surface area (Å²) in [4.78, 5) is 2.27. The first-order valence-electron chi connectivity index (χ1n) is 7.88. The molecule has 0 spiro atoms. The van der Waals surface area contributed by atoms with Crippen molar-refractivity contribution in [2.24, 2.45) is 5.92 Å². The van der Waals surface area contributed by atoms with Gasteiger partial charge in [-0.15, -0.1) is 0 Å². The second kappa shape index (κ2) is 7.44. The second-order valence-corrected chi connectivity index (χ2v) is 8.01. The summed E-state index contributed by atoms with van der Waals surface area (Å²) in [5, 5.41) is 3.36. The standard InChI is InChI=1S/C16H27N3O2S/c1-13-6-7-15(11-16(13)19(2)3)22(20,21)18-10-8-14-5-4-9-17-12-14/h6-7,11,14,17-18H,4-5,8-10,12H2,1-3H3. The van der Waals surface area contributed by atoms with Crippen molar-refractivity contribution in [3.05, 3.63) is 23.8 Å². The van der Waals surface area contributed by atoms with Crippen molar-refractivity contribution in [2.45, 2.75) is 31.1 Å². The lowest BCUT2D eigenvalue weighted by Crippen LogP contribution is -2.33. The molecular weight excluding hydrogens is 298 g/mol. The Hall–Kier alpha value is -1.11. The highest BCUT2D eigenvalue weighted by atomic mass is 32.2. The van der Waals surface area contributed by atoms with Gasteiger partial charge in [-0.25, -0.2) is 13.1 Å². The van der Waals surface area contributed by atoms with Crippen LogP contribution in [-0.2, 0) is 10.0 Å². The highest BCUT2D eigenvalue weighted by Crippen LogP contribution is 2.22. The van der Waals surface area contributed by atoms with Crippen molar-refractivity contribution in [1.82, 2.24) is 10.0 Å². The maximum atomic E-state index is 12.4. The Morgan fingerprint density at radius 1 is 1.36 bits per heavy atom. The van der Waals surface area contributed by atoms with Gasteiger partial charge in [-0.2, -0.15) is 0 Å². The predicted octanol–water partition coefficient (Wildman–Crippen LogP) is 1.73. The van der Waals surface area contributed by atoms with Crippen LogP contribution >= 0.6 is 0 Å². The van der Waals surface area contributed by atoms with Gasteiger partial charge < -0.3 is 10.2 Å². The molecule has 124 valence electrons. The Labute approximate surface area is 134 Å². The van der Waals surface area contributed by atoms with E-state index in [1.54, 1.807) is 12.1 Å². The summed E-state index contributed by atoms with van der Waals surface area (Å²) in [5.74, 6) is 0.576. The van der Waals surface area contributed by atoms with Crippen molar-refractivity contribution >= 4 is 15.7 Å². The van der Waals surface area contributed by atoms with Crippen LogP contribution in [0.4, 0.5) is 5.69 Å². The molecule has 0 amide bonds. The number of aryl methyl sites for hydroxylation is 1. The zero-order chi connectivity index (χ0) is 16.2. The lowest BCUT2D eigenvalue weighted by Gasteiger charge is -2.22. The Morgan fingerprint density at radius 2 is 2.14 bits per heavy atom. The summed E-state index contributed by atoms with van der Waals surface area (Å²) in [5.41, 5.74) is 2.00. The van der Waals surface area contributed by atoms with Crippen LogP contribution in [0.5, 0.6) is 0 Å². The molecule has 2 N–H and O–H groups in total. The number of hydrogen-bond acceptors (Lipinski definition) is 4. The summed E-state index contributed by atoms with van der Waals surface area (Å²) in [7, 11) is 0.407. The molecule has 1 aliphatic heterocycles. The van der Waals surface area contributed by atoms with Gasteiger partial charge in [-0.05, 0) is 62.9 Å². The van der Waals surface area contributed by atoms with Gasteiger partial charge in [0.2, 0.25) is 10.0 Å². The summed E-state index contributed by atoms with van der Waals surface area (Å²) in [6.45, 7) is 4.56. The van der Waals surface area contributed by atoms with E-state index in [0.717, 1.165) is 30.8 Å². The molecule has 22 heavy (non-hydrogen) atoms. The van der Waals surface area contributed by atoms with Gasteiger partial charge in [0.15, 0.2) is 0 Å². The van der Waals surface area contributed by atoms with Crippen molar-refractivity contribution in [2.75, 3.05) is 38.6 Å². The van der Waals surface area contributed by atoms with Crippen LogP contribution in [0.15, 0.2) is 23.1 Å². The minimum atomic E-state index is -3.43. The van der Waals surface area contributed by atoms with Crippen LogP contribution in [0.1, 0.15) is 24.8 Å². The molecule has 1 heterocycles. The fourth-order valence-corrected chi connectivity index (χ4v) is 3.96. The molecule has 1 aliphatic rings. The number of benzene rings is 1. The minimum absolute atomic E-state index is 0.337. The van der Waals surface area contributed by atoms with Crippen LogP contribution in [0.25, 0.3) is 0 Å². The third-order valence-electron chi connectivity index (χ3n) is 4.22. The van der Waals surface area contributed by atoms with E-state index in [9.17, 15) is 8.42 Å². The van der Waals surface area contributed by atoms with Gasteiger partial charge in [0.1, 0.15) is 0 Å². The Morgan fingerprint density at radius 3 is 2.77 bits per heavy atom. The maximum absolute atomic E-state index is 12.4. The highest BCUT2D eigenvalue weighted by molar-refractivity contribution is 7.89. The molecule has 1 unspecified atom stereocenters. The van der Waals surface area contributed by atoms with E-state index in [2.05, 4.69) is 10.0 Å². The van der Waals surface area contributed by atoms with Crippen LogP contribution in [0.2, 0.25) is 0 Å². The molecule has 2 rings (SSSR count). The smallest absolute Gasteiger partial charge is 0.240 e. The zero-order valence-corrected chi connectivity index (χ0v) is 14.5. The van der Waals surface area contributed by atoms with Crippen molar-refractivity contribution < 1.29 is 8.42 Å². The number of hydrogen-bond donors (Lipinski definition) is 2. The lowest BCUT2D eigenvalue weighted by atomic mass is 9.96. The fraction of sp³-hybridized carbons (Fsp3) is 0.625. The zero-order valence-electron chi connectivity index (χ0n) is 13.7. The fourth-order valence-electron chi connectivity index (χ4n) is 2.89. The van der Waals surface area contributed by atoms with Gasteiger partial charge in [0.25, 0.3) is 0 Å². The summed E-state index contributed by atoms with van der Waals surface area (Å²) in [6, 6.07) is 5.27. The molecule has 0 radical (unpaired) electrons. The largest absolute Gasteiger partial charge is 0.377 e. The lowest BCUT2D eigenvalue weighted by molar-refractivity contribution is 0.358. The molecule has 6 heteroatoms. The molecule has 5 nitrogen and oxygen atoms in total. The second-order valence-electron chi connectivity index (χ2n) is 6.24. The number of rotatable bonds is 6. The predicted molar refractivity (Wildman–Crippen MR) is 90.9 cm³/mol. The van der Waals surface area contributed by atoms with Gasteiger partial charge in [0, 0.05) is 26.3 Å².